The second kappa shape index (κ2) is 13.3. The number of aryl methyl sites for hydroxylation is 5. The fourth-order valence-corrected chi connectivity index (χ4v) is 3.70. The highest BCUT2D eigenvalue weighted by Crippen LogP contribution is 2.19. The normalized spacial score (nSPS) is 10.2. The monoisotopic (exact) mass is 454 g/mol. The van der Waals surface area contributed by atoms with Gasteiger partial charge in [0.05, 0.1) is 11.1 Å². The zero-order chi connectivity index (χ0) is 25.1. The van der Waals surface area contributed by atoms with Crippen molar-refractivity contribution in [2.24, 2.45) is 0 Å². The lowest BCUT2D eigenvalue weighted by atomic mass is 9.95. The summed E-state index contributed by atoms with van der Waals surface area (Å²) in [5.74, 6) is -1.50. The van der Waals surface area contributed by atoms with E-state index in [1.54, 1.807) is 26.0 Å². The number of rotatable bonds is 10. The van der Waals surface area contributed by atoms with Crippen LogP contribution in [0, 0.1) is 20.8 Å². The van der Waals surface area contributed by atoms with Crippen LogP contribution in [-0.4, -0.2) is 33.7 Å². The number of carbonyl (C=O) groups is 4. The molecule has 0 heterocycles. The van der Waals surface area contributed by atoms with E-state index in [2.05, 4.69) is 0 Å². The lowest BCUT2D eigenvalue weighted by Crippen LogP contribution is -2.08. The lowest BCUT2D eigenvalue weighted by Gasteiger charge is -2.10. The maximum atomic E-state index is 11.3. The maximum absolute atomic E-state index is 11.3. The van der Waals surface area contributed by atoms with Gasteiger partial charge in [-0.15, -0.1) is 0 Å². The van der Waals surface area contributed by atoms with Gasteiger partial charge in [0.2, 0.25) is 0 Å². The summed E-state index contributed by atoms with van der Waals surface area (Å²) in [5.41, 5.74) is 4.73. The predicted octanol–water partition coefficient (Wildman–Crippen LogP) is 5.52. The lowest BCUT2D eigenvalue weighted by molar-refractivity contribution is -0.119. The molecule has 0 aliphatic rings. The quantitative estimate of drug-likeness (QED) is 0.489. The number of carboxylic acids is 2. The molecule has 0 bridgehead atoms. The first-order valence-corrected chi connectivity index (χ1v) is 11.2. The van der Waals surface area contributed by atoms with Crippen molar-refractivity contribution in [2.75, 3.05) is 0 Å². The van der Waals surface area contributed by atoms with Crippen LogP contribution in [0.15, 0.2) is 30.3 Å². The van der Waals surface area contributed by atoms with Crippen molar-refractivity contribution in [3.63, 3.8) is 0 Å². The number of Topliss-reactive ketones (excluding diaryl/α,β-unsaturated/α-hetero) is 2. The van der Waals surface area contributed by atoms with Crippen molar-refractivity contribution in [2.45, 2.75) is 73.1 Å². The van der Waals surface area contributed by atoms with Crippen LogP contribution in [0.3, 0.4) is 0 Å². The van der Waals surface area contributed by atoms with E-state index < -0.39 is 11.9 Å². The van der Waals surface area contributed by atoms with Gasteiger partial charge in [0.1, 0.15) is 11.6 Å². The molecule has 0 saturated heterocycles. The number of benzene rings is 2. The molecule has 0 saturated carbocycles. The Kier molecular flexibility index (Phi) is 11.2. The van der Waals surface area contributed by atoms with Crippen molar-refractivity contribution >= 4 is 23.5 Å². The minimum atomic E-state index is -0.919. The minimum Gasteiger partial charge on any atom is -0.478 e. The average molecular weight is 455 g/mol. The Morgan fingerprint density at radius 2 is 1.18 bits per heavy atom. The highest BCUT2D eigenvalue weighted by Gasteiger charge is 2.15. The van der Waals surface area contributed by atoms with Crippen LogP contribution in [0.2, 0.25) is 0 Å². The number of hydrogen-bond donors (Lipinski definition) is 2. The molecule has 0 atom stereocenters. The Morgan fingerprint density at radius 3 is 1.67 bits per heavy atom. The summed E-state index contributed by atoms with van der Waals surface area (Å²) in [5, 5.41) is 18.3. The van der Waals surface area contributed by atoms with Crippen molar-refractivity contribution in [1.82, 2.24) is 0 Å². The summed E-state index contributed by atoms with van der Waals surface area (Å²) < 4.78 is 0. The van der Waals surface area contributed by atoms with Crippen LogP contribution in [0.5, 0.6) is 0 Å². The molecule has 2 aromatic rings. The van der Waals surface area contributed by atoms with Crippen molar-refractivity contribution < 1.29 is 29.4 Å². The molecule has 0 aromatic heterocycles. The molecular weight excluding hydrogens is 420 g/mol. The van der Waals surface area contributed by atoms with E-state index in [0.29, 0.717) is 49.7 Å². The minimum absolute atomic E-state index is 0.165. The second-order valence-corrected chi connectivity index (χ2v) is 8.12. The Labute approximate surface area is 195 Å². The van der Waals surface area contributed by atoms with Crippen LogP contribution in [0.1, 0.15) is 88.1 Å². The Hall–Kier alpha value is -3.28. The van der Waals surface area contributed by atoms with Crippen LogP contribution >= 0.6 is 0 Å². The number of aromatic carboxylic acids is 2. The third-order valence-electron chi connectivity index (χ3n) is 5.48. The summed E-state index contributed by atoms with van der Waals surface area (Å²) >= 11 is 0. The number of carboxylic acid groups (broad SMARTS) is 2. The molecule has 6 heteroatoms. The number of carbonyl (C=O) groups excluding carboxylic acids is 2. The molecule has 0 aliphatic heterocycles. The molecule has 6 nitrogen and oxygen atoms in total. The molecule has 0 fully saturated rings. The fraction of sp³-hybridized carbons (Fsp3) is 0.407. The second-order valence-electron chi connectivity index (χ2n) is 8.12. The molecule has 0 spiro atoms. The van der Waals surface area contributed by atoms with Gasteiger partial charge in [0, 0.05) is 25.7 Å². The summed E-state index contributed by atoms with van der Waals surface area (Å²) in [6.45, 7) is 9.14. The average Bonchev–Trinajstić information content (AvgIpc) is 2.75. The Balaban J connectivity index is 0.000000331. The highest BCUT2D eigenvalue weighted by molar-refractivity contribution is 5.92. The summed E-state index contributed by atoms with van der Waals surface area (Å²) in [6.07, 6.45) is 2.87. The molecule has 178 valence electrons. The van der Waals surface area contributed by atoms with Crippen LogP contribution < -0.4 is 0 Å². The predicted molar refractivity (Wildman–Crippen MR) is 128 cm³/mol. The topological polar surface area (TPSA) is 109 Å². The van der Waals surface area contributed by atoms with E-state index in [1.807, 2.05) is 39.0 Å². The number of hydrogen-bond acceptors (Lipinski definition) is 4. The van der Waals surface area contributed by atoms with E-state index in [4.69, 9.17) is 5.11 Å². The molecule has 33 heavy (non-hydrogen) atoms. The third kappa shape index (κ3) is 8.64. The molecule has 0 unspecified atom stereocenters. The highest BCUT2D eigenvalue weighted by atomic mass is 16.4. The fourth-order valence-electron chi connectivity index (χ4n) is 3.70. The first-order valence-electron chi connectivity index (χ1n) is 11.2. The maximum Gasteiger partial charge on any atom is 0.336 e. The zero-order valence-electron chi connectivity index (χ0n) is 20.2. The van der Waals surface area contributed by atoms with Crippen LogP contribution in [0.25, 0.3) is 0 Å². The molecular formula is C27H34O6. The van der Waals surface area contributed by atoms with Gasteiger partial charge >= 0.3 is 11.9 Å². The zero-order valence-corrected chi connectivity index (χ0v) is 20.2. The Morgan fingerprint density at radius 1 is 0.697 bits per heavy atom. The van der Waals surface area contributed by atoms with Gasteiger partial charge in [-0.2, -0.15) is 0 Å². The first kappa shape index (κ1) is 27.8. The van der Waals surface area contributed by atoms with Gasteiger partial charge < -0.3 is 10.2 Å². The van der Waals surface area contributed by atoms with Gasteiger partial charge in [-0.25, -0.2) is 9.59 Å². The van der Waals surface area contributed by atoms with Gasteiger partial charge in [-0.3, -0.25) is 9.59 Å². The summed E-state index contributed by atoms with van der Waals surface area (Å²) in [4.78, 5) is 44.7. The molecule has 2 rings (SSSR count). The van der Waals surface area contributed by atoms with Crippen LogP contribution in [-0.2, 0) is 22.4 Å². The summed E-state index contributed by atoms with van der Waals surface area (Å²) in [7, 11) is 0. The van der Waals surface area contributed by atoms with Gasteiger partial charge in [-0.05, 0) is 55.9 Å². The van der Waals surface area contributed by atoms with Crippen LogP contribution in [0.4, 0.5) is 0 Å². The van der Waals surface area contributed by atoms with E-state index in [0.717, 1.165) is 27.8 Å². The van der Waals surface area contributed by atoms with Crippen molar-refractivity contribution in [3.8, 4) is 0 Å². The van der Waals surface area contributed by atoms with E-state index >= 15 is 0 Å². The standard InChI is InChI=1S/C14H18O3.C13H16O3/c1-4-12(15)6-5-11-8-9(2)7-10(3)13(11)14(16)17;1-3-11(14)8-7-10-6-4-5-9(2)12(10)13(15)16/h7-8H,4-6H2,1-3H3,(H,16,17);4-6H,3,7-8H2,1-2H3,(H,15,16). The molecule has 0 aliphatic carbocycles. The molecule has 2 N–H and O–H groups in total. The number of ketones is 2. The van der Waals surface area contributed by atoms with Gasteiger partial charge in [0.15, 0.2) is 0 Å². The van der Waals surface area contributed by atoms with E-state index in [1.165, 1.54) is 0 Å². The summed E-state index contributed by atoms with van der Waals surface area (Å²) in [6, 6.07) is 9.09. The molecule has 0 amide bonds. The smallest absolute Gasteiger partial charge is 0.336 e. The third-order valence-corrected chi connectivity index (χ3v) is 5.48. The largest absolute Gasteiger partial charge is 0.478 e. The molecule has 2 aromatic carbocycles. The SMILES string of the molecule is CCC(=O)CCc1cc(C)cc(C)c1C(=O)O.CCC(=O)CCc1cccc(C)c1C(=O)O. The molecule has 0 radical (unpaired) electrons. The van der Waals surface area contributed by atoms with E-state index in [9.17, 15) is 24.3 Å². The van der Waals surface area contributed by atoms with Gasteiger partial charge in [-0.1, -0.05) is 49.7 Å². The van der Waals surface area contributed by atoms with Gasteiger partial charge in [0.25, 0.3) is 0 Å². The van der Waals surface area contributed by atoms with E-state index in [-0.39, 0.29) is 11.6 Å². The van der Waals surface area contributed by atoms with Crippen molar-refractivity contribution in [1.29, 1.82) is 0 Å². The first-order chi connectivity index (χ1) is 15.5. The Bertz CT molecular complexity index is 1020. The van der Waals surface area contributed by atoms with Crippen molar-refractivity contribution in [3.05, 3.63) is 69.3 Å².